The van der Waals surface area contributed by atoms with Gasteiger partial charge in [0.25, 0.3) is 0 Å². The van der Waals surface area contributed by atoms with Gasteiger partial charge in [0.05, 0.1) is 31.3 Å². The quantitative estimate of drug-likeness (QED) is 0.0245. The van der Waals surface area contributed by atoms with Crippen molar-refractivity contribution in [3.63, 3.8) is 0 Å². The Morgan fingerprint density at radius 1 is 0.564 bits per heavy atom. The van der Waals surface area contributed by atoms with Crippen molar-refractivity contribution in [1.29, 1.82) is 0 Å². The lowest BCUT2D eigenvalue weighted by Crippen LogP contribution is -2.64. The molecule has 8 atom stereocenters. The maximum Gasteiger partial charge on any atom is 0.472 e. The molecule has 0 saturated heterocycles. The molecule has 9 N–H and O–H groups in total. The summed E-state index contributed by atoms with van der Waals surface area (Å²) in [4.78, 5) is 23.3. The first-order valence-corrected chi connectivity index (χ1v) is 23.6. The number of aliphatic hydroxyl groups is 7. The monoisotopic (exact) mass is 812 g/mol. The highest BCUT2D eigenvalue weighted by atomic mass is 31.2. The van der Waals surface area contributed by atoms with Gasteiger partial charge in [-0.05, 0) is 12.8 Å². The molecule has 328 valence electrons. The van der Waals surface area contributed by atoms with Gasteiger partial charge < -0.3 is 46.0 Å². The molecule has 55 heavy (non-hydrogen) atoms. The molecule has 1 saturated carbocycles. The average Bonchev–Trinajstić information content (AvgIpc) is 3.15. The maximum absolute atomic E-state index is 12.9. The van der Waals surface area contributed by atoms with Gasteiger partial charge >= 0.3 is 7.82 Å². The molecule has 1 aliphatic rings. The van der Waals surface area contributed by atoms with E-state index in [0.717, 1.165) is 64.2 Å². The zero-order valence-electron chi connectivity index (χ0n) is 34.4. The van der Waals surface area contributed by atoms with Crippen LogP contribution in [0.15, 0.2) is 0 Å². The van der Waals surface area contributed by atoms with Crippen LogP contribution in [0.2, 0.25) is 0 Å². The summed E-state index contributed by atoms with van der Waals surface area (Å²) in [6.07, 6.45) is 16.3. The van der Waals surface area contributed by atoms with Crippen molar-refractivity contribution in [2.75, 3.05) is 6.61 Å². The minimum absolute atomic E-state index is 0.217. The SMILES string of the molecule is CCCCCCCCCCCCCCCCCCCCC(O)CC(=O)NC(COP(=O)(O)OC1C(O)C(O)C(O)C(O)C1O)C(O)CCCCCCCCC. The fraction of sp³-hybridized carbons (Fsp3) is 0.976. The number of carbonyl (C=O) groups is 1. The second-order valence-electron chi connectivity index (χ2n) is 16.1. The zero-order chi connectivity index (χ0) is 40.9. The van der Waals surface area contributed by atoms with Crippen molar-refractivity contribution in [2.45, 2.75) is 249 Å². The predicted octanol–water partition coefficient (Wildman–Crippen LogP) is 6.48. The number of nitrogens with one attached hydrogen (secondary N) is 1. The molecule has 14 heteroatoms. The predicted molar refractivity (Wildman–Crippen MR) is 215 cm³/mol. The van der Waals surface area contributed by atoms with E-state index in [2.05, 4.69) is 19.2 Å². The Kier molecular flexibility index (Phi) is 30.6. The number of aliphatic hydroxyl groups excluding tert-OH is 7. The molecule has 1 rings (SSSR count). The van der Waals surface area contributed by atoms with Gasteiger partial charge in [0.2, 0.25) is 5.91 Å². The van der Waals surface area contributed by atoms with E-state index in [1.54, 1.807) is 0 Å². The molecule has 0 aromatic carbocycles. The summed E-state index contributed by atoms with van der Waals surface area (Å²) in [5, 5.41) is 74.2. The van der Waals surface area contributed by atoms with E-state index in [-0.39, 0.29) is 12.8 Å². The Morgan fingerprint density at radius 2 is 0.909 bits per heavy atom. The van der Waals surface area contributed by atoms with E-state index < -0.39 is 75.2 Å². The molecule has 8 unspecified atom stereocenters. The maximum atomic E-state index is 12.9. The molecule has 1 fully saturated rings. The fourth-order valence-corrected chi connectivity index (χ4v) is 8.27. The minimum Gasteiger partial charge on any atom is -0.393 e. The first-order valence-electron chi connectivity index (χ1n) is 22.1. The lowest BCUT2D eigenvalue weighted by Gasteiger charge is -2.41. The first-order chi connectivity index (χ1) is 26.3. The number of carbonyl (C=O) groups excluding carboxylic acids is 1. The van der Waals surface area contributed by atoms with Crippen molar-refractivity contribution in [3.8, 4) is 0 Å². The summed E-state index contributed by atoms with van der Waals surface area (Å²) >= 11 is 0. The van der Waals surface area contributed by atoms with E-state index in [4.69, 9.17) is 9.05 Å². The second-order valence-corrected chi connectivity index (χ2v) is 17.5. The Balaban J connectivity index is 2.42. The van der Waals surface area contributed by atoms with Crippen molar-refractivity contribution >= 4 is 13.7 Å². The average molecular weight is 812 g/mol. The number of hydrogen-bond donors (Lipinski definition) is 9. The largest absolute Gasteiger partial charge is 0.472 e. The van der Waals surface area contributed by atoms with Crippen LogP contribution in [0.4, 0.5) is 0 Å². The summed E-state index contributed by atoms with van der Waals surface area (Å²) in [6.45, 7) is 3.72. The molecular weight excluding hydrogens is 729 g/mol. The molecule has 1 amide bonds. The van der Waals surface area contributed by atoms with Crippen LogP contribution < -0.4 is 5.32 Å². The lowest BCUT2D eigenvalue weighted by molar-refractivity contribution is -0.220. The number of amides is 1. The first kappa shape index (κ1) is 52.3. The van der Waals surface area contributed by atoms with Crippen LogP contribution in [-0.2, 0) is 18.4 Å². The van der Waals surface area contributed by atoms with Crippen LogP contribution in [0.1, 0.15) is 194 Å². The summed E-state index contributed by atoms with van der Waals surface area (Å²) in [5.74, 6) is -0.561. The number of phosphoric acid groups is 1. The van der Waals surface area contributed by atoms with Crippen molar-refractivity contribution < 1.29 is 59.0 Å². The van der Waals surface area contributed by atoms with Crippen LogP contribution in [0.3, 0.4) is 0 Å². The van der Waals surface area contributed by atoms with Gasteiger partial charge in [-0.3, -0.25) is 13.8 Å². The topological polar surface area (TPSA) is 226 Å². The van der Waals surface area contributed by atoms with E-state index >= 15 is 0 Å². The third-order valence-corrected chi connectivity index (χ3v) is 12.0. The molecule has 0 radical (unpaired) electrons. The molecule has 0 bridgehead atoms. The highest BCUT2D eigenvalue weighted by Crippen LogP contribution is 2.47. The number of phosphoric ester groups is 1. The fourth-order valence-electron chi connectivity index (χ4n) is 7.30. The van der Waals surface area contributed by atoms with Crippen LogP contribution in [0.25, 0.3) is 0 Å². The van der Waals surface area contributed by atoms with E-state index in [1.165, 1.54) is 89.9 Å². The summed E-state index contributed by atoms with van der Waals surface area (Å²) in [7, 11) is -5.10. The Bertz CT molecular complexity index is 964. The second kappa shape index (κ2) is 32.2. The lowest BCUT2D eigenvalue weighted by atomic mass is 9.85. The van der Waals surface area contributed by atoms with Crippen LogP contribution >= 0.6 is 7.82 Å². The Labute approximate surface area is 332 Å². The van der Waals surface area contributed by atoms with Gasteiger partial charge in [-0.25, -0.2) is 4.57 Å². The van der Waals surface area contributed by atoms with Crippen LogP contribution in [0, 0.1) is 0 Å². The minimum atomic E-state index is -5.10. The van der Waals surface area contributed by atoms with Gasteiger partial charge in [0.15, 0.2) is 0 Å². The van der Waals surface area contributed by atoms with Crippen LogP contribution in [0.5, 0.6) is 0 Å². The number of rotatable bonds is 36. The van der Waals surface area contributed by atoms with E-state index in [0.29, 0.717) is 12.8 Å². The molecule has 1 aliphatic carbocycles. The number of hydrogen-bond acceptors (Lipinski definition) is 11. The van der Waals surface area contributed by atoms with Crippen molar-refractivity contribution in [3.05, 3.63) is 0 Å². The third-order valence-electron chi connectivity index (χ3n) is 11.0. The summed E-state index contributed by atoms with van der Waals surface area (Å²) in [5.41, 5.74) is 0. The highest BCUT2D eigenvalue weighted by Gasteiger charge is 2.51. The molecule has 0 aliphatic heterocycles. The Morgan fingerprint density at radius 3 is 1.31 bits per heavy atom. The smallest absolute Gasteiger partial charge is 0.393 e. The van der Waals surface area contributed by atoms with Crippen LogP contribution in [-0.4, -0.2) is 108 Å². The van der Waals surface area contributed by atoms with Gasteiger partial charge in [-0.15, -0.1) is 0 Å². The molecule has 0 aromatic rings. The summed E-state index contributed by atoms with van der Waals surface area (Å²) in [6, 6.07) is -1.15. The summed E-state index contributed by atoms with van der Waals surface area (Å²) < 4.78 is 22.8. The number of unbranched alkanes of at least 4 members (excludes halogenated alkanes) is 23. The van der Waals surface area contributed by atoms with Gasteiger partial charge in [-0.2, -0.15) is 0 Å². The molecule has 0 spiro atoms. The van der Waals surface area contributed by atoms with Crippen molar-refractivity contribution in [1.82, 2.24) is 5.32 Å². The van der Waals surface area contributed by atoms with E-state index in [1.807, 2.05) is 0 Å². The standard InChI is InChI=1S/C41H82NO12P/c1-3-5-7-9-11-12-13-14-15-16-17-18-19-20-21-23-24-26-28-32(43)30-35(45)42-33(34(44)29-27-25-22-10-8-6-4-2)31-53-55(51,52)54-41-39(49)37(47)36(46)38(48)40(41)50/h32-34,36-41,43-44,46-50H,3-31H2,1-2H3,(H,42,45)(H,51,52). The third kappa shape index (κ3) is 24.7. The van der Waals surface area contributed by atoms with Gasteiger partial charge in [0.1, 0.15) is 36.6 Å². The highest BCUT2D eigenvalue weighted by molar-refractivity contribution is 7.47. The molecule has 0 aromatic heterocycles. The Hall–Kier alpha value is -0.700. The van der Waals surface area contributed by atoms with Gasteiger partial charge in [0, 0.05) is 0 Å². The zero-order valence-corrected chi connectivity index (χ0v) is 35.3. The molecule has 0 heterocycles. The normalized spacial score (nSPS) is 24.3. The molecular formula is C41H82NO12P. The van der Waals surface area contributed by atoms with Gasteiger partial charge in [-0.1, -0.05) is 174 Å². The van der Waals surface area contributed by atoms with E-state index in [9.17, 15) is 50.0 Å². The van der Waals surface area contributed by atoms with Crippen molar-refractivity contribution in [2.24, 2.45) is 0 Å². The molecule has 13 nitrogen and oxygen atoms in total.